The molecule has 0 bridgehead atoms. The quantitative estimate of drug-likeness (QED) is 0.747. The van der Waals surface area contributed by atoms with E-state index in [4.69, 9.17) is 9.84 Å². The Balaban J connectivity index is 2.76. The summed E-state index contributed by atoms with van der Waals surface area (Å²) in [6, 6.07) is 5.49. The summed E-state index contributed by atoms with van der Waals surface area (Å²) in [7, 11) is 0. The maximum atomic E-state index is 11.4. The standard InChI is InChI=1S/C14H16BrNO4/c1-2-7-20-12-5-4-11(15)8-10(12)3-6-13(17)16-9-14(18)19/h3-6,8H,2,7,9H2,1H3,(H,16,17)(H,18,19)/b6-3+. The molecule has 0 heterocycles. The van der Waals surface area contributed by atoms with Gasteiger partial charge < -0.3 is 15.2 Å². The first-order valence-corrected chi connectivity index (χ1v) is 6.92. The van der Waals surface area contributed by atoms with Gasteiger partial charge in [-0.05, 0) is 30.7 Å². The third-order valence-corrected chi connectivity index (χ3v) is 2.75. The van der Waals surface area contributed by atoms with Crippen molar-refractivity contribution in [3.05, 3.63) is 34.3 Å². The fourth-order valence-electron chi connectivity index (χ4n) is 1.38. The number of nitrogens with one attached hydrogen (secondary N) is 1. The van der Waals surface area contributed by atoms with Gasteiger partial charge in [-0.3, -0.25) is 9.59 Å². The molecule has 6 heteroatoms. The zero-order valence-corrected chi connectivity index (χ0v) is 12.6. The summed E-state index contributed by atoms with van der Waals surface area (Å²) >= 11 is 3.35. The number of rotatable bonds is 7. The van der Waals surface area contributed by atoms with Crippen molar-refractivity contribution in [2.45, 2.75) is 13.3 Å². The van der Waals surface area contributed by atoms with Crippen LogP contribution in [0.25, 0.3) is 6.08 Å². The Morgan fingerprint density at radius 2 is 2.20 bits per heavy atom. The maximum Gasteiger partial charge on any atom is 0.322 e. The number of hydrogen-bond donors (Lipinski definition) is 2. The highest BCUT2D eigenvalue weighted by molar-refractivity contribution is 9.10. The SMILES string of the molecule is CCCOc1ccc(Br)cc1/C=C/C(=O)NCC(=O)O. The first kappa shape index (κ1) is 16.2. The summed E-state index contributed by atoms with van der Waals surface area (Å²) in [5, 5.41) is 10.7. The van der Waals surface area contributed by atoms with Crippen molar-refractivity contribution >= 4 is 33.9 Å². The molecule has 0 aliphatic carbocycles. The second-order valence-corrected chi connectivity index (χ2v) is 4.89. The molecule has 0 aromatic heterocycles. The van der Waals surface area contributed by atoms with E-state index in [0.29, 0.717) is 12.4 Å². The molecular weight excluding hydrogens is 326 g/mol. The van der Waals surface area contributed by atoms with Crippen molar-refractivity contribution in [1.82, 2.24) is 5.32 Å². The van der Waals surface area contributed by atoms with Gasteiger partial charge in [0.05, 0.1) is 6.61 Å². The number of amides is 1. The molecule has 20 heavy (non-hydrogen) atoms. The molecule has 1 aromatic rings. The van der Waals surface area contributed by atoms with E-state index in [1.807, 2.05) is 25.1 Å². The minimum Gasteiger partial charge on any atom is -0.493 e. The number of carboxylic acid groups (broad SMARTS) is 1. The maximum absolute atomic E-state index is 11.4. The van der Waals surface area contributed by atoms with Gasteiger partial charge in [0.25, 0.3) is 0 Å². The fraction of sp³-hybridized carbons (Fsp3) is 0.286. The van der Waals surface area contributed by atoms with Crippen LogP contribution in [-0.4, -0.2) is 30.1 Å². The molecule has 0 aliphatic heterocycles. The van der Waals surface area contributed by atoms with Crippen molar-refractivity contribution in [2.75, 3.05) is 13.2 Å². The molecule has 1 amide bonds. The Bertz CT molecular complexity index is 514. The molecule has 0 fully saturated rings. The second kappa shape index (κ2) is 8.37. The van der Waals surface area contributed by atoms with Crippen LogP contribution in [0, 0.1) is 0 Å². The Labute approximate surface area is 125 Å². The molecule has 0 spiro atoms. The minimum atomic E-state index is -1.08. The van der Waals surface area contributed by atoms with Crippen LogP contribution < -0.4 is 10.1 Å². The van der Waals surface area contributed by atoms with Crippen molar-refractivity contribution < 1.29 is 19.4 Å². The van der Waals surface area contributed by atoms with Crippen molar-refractivity contribution in [1.29, 1.82) is 0 Å². The zero-order valence-electron chi connectivity index (χ0n) is 11.1. The first-order chi connectivity index (χ1) is 9.52. The van der Waals surface area contributed by atoms with Gasteiger partial charge in [0.15, 0.2) is 0 Å². The Kier molecular flexibility index (Phi) is 6.79. The van der Waals surface area contributed by atoms with E-state index in [1.165, 1.54) is 6.08 Å². The molecule has 0 saturated heterocycles. The summed E-state index contributed by atoms with van der Waals surface area (Å²) in [5.74, 6) is -0.868. The summed E-state index contributed by atoms with van der Waals surface area (Å²) in [6.07, 6.45) is 3.76. The first-order valence-electron chi connectivity index (χ1n) is 6.13. The third kappa shape index (κ3) is 5.88. The average molecular weight is 342 g/mol. The van der Waals surface area contributed by atoms with Crippen LogP contribution in [-0.2, 0) is 9.59 Å². The number of benzene rings is 1. The summed E-state index contributed by atoms with van der Waals surface area (Å²) < 4.78 is 6.44. The van der Waals surface area contributed by atoms with Crippen molar-refractivity contribution in [3.8, 4) is 5.75 Å². The van der Waals surface area contributed by atoms with Gasteiger partial charge >= 0.3 is 5.97 Å². The van der Waals surface area contributed by atoms with E-state index in [2.05, 4.69) is 21.2 Å². The molecular formula is C14H16BrNO4. The molecule has 1 rings (SSSR count). The minimum absolute atomic E-state index is 0.402. The Hall–Kier alpha value is -1.82. The number of carbonyl (C=O) groups excluding carboxylic acids is 1. The highest BCUT2D eigenvalue weighted by Gasteiger charge is 2.03. The van der Waals surface area contributed by atoms with Crippen LogP contribution in [0.15, 0.2) is 28.7 Å². The van der Waals surface area contributed by atoms with Crippen LogP contribution in [0.2, 0.25) is 0 Å². The van der Waals surface area contributed by atoms with E-state index in [0.717, 1.165) is 16.5 Å². The zero-order chi connectivity index (χ0) is 15.0. The van der Waals surface area contributed by atoms with Crippen molar-refractivity contribution in [3.63, 3.8) is 0 Å². The van der Waals surface area contributed by atoms with Gasteiger partial charge in [0, 0.05) is 16.1 Å². The van der Waals surface area contributed by atoms with Gasteiger partial charge in [-0.15, -0.1) is 0 Å². The Morgan fingerprint density at radius 3 is 2.85 bits per heavy atom. The lowest BCUT2D eigenvalue weighted by Gasteiger charge is -2.08. The van der Waals surface area contributed by atoms with Crippen molar-refractivity contribution in [2.24, 2.45) is 0 Å². The number of carbonyl (C=O) groups is 2. The summed E-state index contributed by atoms with van der Waals surface area (Å²) in [6.45, 7) is 2.20. The van der Waals surface area contributed by atoms with Crippen LogP contribution in [0.4, 0.5) is 0 Å². The summed E-state index contributed by atoms with van der Waals surface area (Å²) in [5.41, 5.74) is 0.748. The molecule has 5 nitrogen and oxygen atoms in total. The Morgan fingerprint density at radius 1 is 1.45 bits per heavy atom. The van der Waals surface area contributed by atoms with Crippen LogP contribution in [0.1, 0.15) is 18.9 Å². The molecule has 0 aliphatic rings. The topological polar surface area (TPSA) is 75.6 Å². The monoisotopic (exact) mass is 341 g/mol. The second-order valence-electron chi connectivity index (χ2n) is 3.98. The van der Waals surface area contributed by atoms with Gasteiger partial charge in [-0.25, -0.2) is 0 Å². The van der Waals surface area contributed by atoms with Crippen LogP contribution in [0.5, 0.6) is 5.75 Å². The lowest BCUT2D eigenvalue weighted by atomic mass is 10.2. The van der Waals surface area contributed by atoms with E-state index < -0.39 is 18.4 Å². The number of halogens is 1. The van der Waals surface area contributed by atoms with Gasteiger partial charge in [-0.2, -0.15) is 0 Å². The predicted molar refractivity (Wildman–Crippen MR) is 79.6 cm³/mol. The number of ether oxygens (including phenoxy) is 1. The number of carboxylic acids is 1. The normalized spacial score (nSPS) is 10.5. The highest BCUT2D eigenvalue weighted by atomic mass is 79.9. The van der Waals surface area contributed by atoms with E-state index in [1.54, 1.807) is 6.08 Å². The highest BCUT2D eigenvalue weighted by Crippen LogP contribution is 2.24. The van der Waals surface area contributed by atoms with Crippen LogP contribution >= 0.6 is 15.9 Å². The third-order valence-electron chi connectivity index (χ3n) is 2.26. The fourth-order valence-corrected chi connectivity index (χ4v) is 1.76. The molecule has 0 atom stereocenters. The molecule has 0 unspecified atom stereocenters. The van der Waals surface area contributed by atoms with Gasteiger partial charge in [0.1, 0.15) is 12.3 Å². The summed E-state index contributed by atoms with van der Waals surface area (Å²) in [4.78, 5) is 21.7. The number of aliphatic carboxylic acids is 1. The van der Waals surface area contributed by atoms with Crippen LogP contribution in [0.3, 0.4) is 0 Å². The van der Waals surface area contributed by atoms with Gasteiger partial charge in [-0.1, -0.05) is 22.9 Å². The smallest absolute Gasteiger partial charge is 0.322 e. The predicted octanol–water partition coefficient (Wildman–Crippen LogP) is 2.45. The largest absolute Gasteiger partial charge is 0.493 e. The van der Waals surface area contributed by atoms with E-state index in [9.17, 15) is 9.59 Å². The lowest BCUT2D eigenvalue weighted by molar-refractivity contribution is -0.137. The molecule has 108 valence electrons. The molecule has 2 N–H and O–H groups in total. The van der Waals surface area contributed by atoms with E-state index in [-0.39, 0.29) is 0 Å². The molecule has 1 aromatic carbocycles. The number of hydrogen-bond acceptors (Lipinski definition) is 3. The van der Waals surface area contributed by atoms with Gasteiger partial charge in [0.2, 0.25) is 5.91 Å². The van der Waals surface area contributed by atoms with E-state index >= 15 is 0 Å². The molecule has 0 saturated carbocycles. The molecule has 0 radical (unpaired) electrons. The lowest BCUT2D eigenvalue weighted by Crippen LogP contribution is -2.27. The average Bonchev–Trinajstić information content (AvgIpc) is 2.41.